The molecule has 1 saturated heterocycles. The monoisotopic (exact) mass is 341 g/mol. The Morgan fingerprint density at radius 1 is 1.20 bits per heavy atom. The van der Waals surface area contributed by atoms with E-state index < -0.39 is 0 Å². The van der Waals surface area contributed by atoms with Gasteiger partial charge in [-0.2, -0.15) is 0 Å². The molecule has 0 N–H and O–H groups in total. The Hall–Kier alpha value is -2.40. The van der Waals surface area contributed by atoms with Gasteiger partial charge in [0, 0.05) is 25.9 Å². The van der Waals surface area contributed by atoms with Gasteiger partial charge in [-0.3, -0.25) is 4.79 Å². The van der Waals surface area contributed by atoms with E-state index in [4.69, 9.17) is 9.47 Å². The molecule has 4 rings (SSSR count). The van der Waals surface area contributed by atoms with Crippen LogP contribution in [0.1, 0.15) is 21.5 Å². The Bertz CT molecular complexity index is 792. The first kappa shape index (κ1) is 16.1. The minimum absolute atomic E-state index is 0.0220. The van der Waals surface area contributed by atoms with Gasteiger partial charge >= 0.3 is 0 Å². The molecule has 1 amide bonds. The molecule has 130 valence electrons. The first-order valence-corrected chi connectivity index (χ1v) is 8.61. The molecule has 25 heavy (non-hydrogen) atoms. The van der Waals surface area contributed by atoms with Gasteiger partial charge < -0.3 is 14.4 Å². The number of nitrogens with zero attached hydrogens (tertiary/aromatic N) is 1. The SMILES string of the molecule is O=C(c1cccc2c1OCC2)N1CCOC(Cc2cccc(F)c2)C1. The smallest absolute Gasteiger partial charge is 0.257 e. The van der Waals surface area contributed by atoms with Crippen LogP contribution in [0, 0.1) is 5.82 Å². The number of fused-ring (bicyclic) bond motifs is 1. The lowest BCUT2D eigenvalue weighted by Gasteiger charge is -2.33. The Morgan fingerprint density at radius 3 is 2.96 bits per heavy atom. The Kier molecular flexibility index (Phi) is 4.40. The van der Waals surface area contributed by atoms with E-state index in [1.54, 1.807) is 6.07 Å². The molecule has 2 aromatic rings. The number of carbonyl (C=O) groups is 1. The fraction of sp³-hybridized carbons (Fsp3) is 0.350. The number of ether oxygens (including phenoxy) is 2. The van der Waals surface area contributed by atoms with Gasteiger partial charge in [-0.25, -0.2) is 4.39 Å². The van der Waals surface area contributed by atoms with Gasteiger partial charge in [-0.15, -0.1) is 0 Å². The Labute approximate surface area is 146 Å². The summed E-state index contributed by atoms with van der Waals surface area (Å²) in [6.07, 6.45) is 1.31. The van der Waals surface area contributed by atoms with Gasteiger partial charge in [0.15, 0.2) is 0 Å². The number of hydrogen-bond donors (Lipinski definition) is 0. The van der Waals surface area contributed by atoms with Crippen molar-refractivity contribution in [2.45, 2.75) is 18.9 Å². The van der Waals surface area contributed by atoms with Crippen LogP contribution in [0.3, 0.4) is 0 Å². The van der Waals surface area contributed by atoms with Crippen LogP contribution in [0.25, 0.3) is 0 Å². The van der Waals surface area contributed by atoms with Crippen LogP contribution in [-0.4, -0.2) is 43.2 Å². The fourth-order valence-electron chi connectivity index (χ4n) is 3.51. The maximum absolute atomic E-state index is 13.4. The van der Waals surface area contributed by atoms with Crippen LogP contribution in [0.5, 0.6) is 5.75 Å². The van der Waals surface area contributed by atoms with Crippen LogP contribution >= 0.6 is 0 Å². The van der Waals surface area contributed by atoms with Crippen LogP contribution in [0.15, 0.2) is 42.5 Å². The predicted molar refractivity (Wildman–Crippen MR) is 91.4 cm³/mol. The molecule has 4 nitrogen and oxygen atoms in total. The lowest BCUT2D eigenvalue weighted by Crippen LogP contribution is -2.46. The average molecular weight is 341 g/mol. The van der Waals surface area contributed by atoms with Gasteiger partial charge in [0.25, 0.3) is 5.91 Å². The van der Waals surface area contributed by atoms with Crippen molar-refractivity contribution in [3.05, 3.63) is 65.0 Å². The highest BCUT2D eigenvalue weighted by molar-refractivity contribution is 5.97. The van der Waals surface area contributed by atoms with Gasteiger partial charge in [-0.05, 0) is 29.3 Å². The lowest BCUT2D eigenvalue weighted by atomic mass is 10.0. The molecule has 2 aromatic carbocycles. The highest BCUT2D eigenvalue weighted by Crippen LogP contribution is 2.30. The molecule has 2 aliphatic rings. The van der Waals surface area contributed by atoms with E-state index in [-0.39, 0.29) is 17.8 Å². The summed E-state index contributed by atoms with van der Waals surface area (Å²) < 4.78 is 24.8. The second-order valence-corrected chi connectivity index (χ2v) is 6.47. The van der Waals surface area contributed by atoms with Gasteiger partial charge in [0.05, 0.1) is 24.9 Å². The van der Waals surface area contributed by atoms with Crippen LogP contribution in [0.4, 0.5) is 4.39 Å². The standard InChI is InChI=1S/C20H20FNO3/c21-16-5-1-3-14(11-16)12-17-13-22(8-10-24-17)20(23)18-6-2-4-15-7-9-25-19(15)18/h1-6,11,17H,7-10,12-13H2. The summed E-state index contributed by atoms with van der Waals surface area (Å²) in [5, 5.41) is 0. The highest BCUT2D eigenvalue weighted by atomic mass is 19.1. The zero-order valence-corrected chi connectivity index (χ0v) is 13.9. The number of rotatable bonds is 3. The molecule has 2 heterocycles. The van der Waals surface area contributed by atoms with Crippen LogP contribution in [0.2, 0.25) is 0 Å². The molecule has 0 spiro atoms. The third kappa shape index (κ3) is 3.37. The summed E-state index contributed by atoms with van der Waals surface area (Å²) >= 11 is 0. The number of halogens is 1. The number of morpholine rings is 1. The van der Waals surface area contributed by atoms with E-state index in [9.17, 15) is 9.18 Å². The zero-order chi connectivity index (χ0) is 17.2. The van der Waals surface area contributed by atoms with Gasteiger partial charge in [-0.1, -0.05) is 24.3 Å². The molecule has 5 heteroatoms. The third-order valence-electron chi connectivity index (χ3n) is 4.72. The van der Waals surface area contributed by atoms with Crippen molar-refractivity contribution in [1.29, 1.82) is 0 Å². The molecule has 0 radical (unpaired) electrons. The predicted octanol–water partition coefficient (Wildman–Crippen LogP) is 2.84. The van der Waals surface area contributed by atoms with Crippen molar-refractivity contribution >= 4 is 5.91 Å². The maximum atomic E-state index is 13.4. The molecule has 1 atom stereocenters. The summed E-state index contributed by atoms with van der Waals surface area (Å²) in [5.74, 6) is 0.449. The Morgan fingerprint density at radius 2 is 2.08 bits per heavy atom. The van der Waals surface area contributed by atoms with Crippen molar-refractivity contribution in [3.8, 4) is 5.75 Å². The molecular formula is C20H20FNO3. The lowest BCUT2D eigenvalue weighted by molar-refractivity contribution is -0.0209. The van der Waals surface area contributed by atoms with Crippen molar-refractivity contribution in [3.63, 3.8) is 0 Å². The first-order chi connectivity index (χ1) is 12.2. The number of carbonyl (C=O) groups excluding carboxylic acids is 1. The molecule has 0 aromatic heterocycles. The molecule has 2 aliphatic heterocycles. The molecular weight excluding hydrogens is 321 g/mol. The van der Waals surface area contributed by atoms with Crippen molar-refractivity contribution in [2.75, 3.05) is 26.3 Å². The van der Waals surface area contributed by atoms with Crippen LogP contribution < -0.4 is 4.74 Å². The molecule has 0 aliphatic carbocycles. The minimum atomic E-state index is -0.252. The number of benzene rings is 2. The summed E-state index contributed by atoms with van der Waals surface area (Å²) in [7, 11) is 0. The third-order valence-corrected chi connectivity index (χ3v) is 4.72. The zero-order valence-electron chi connectivity index (χ0n) is 13.9. The van der Waals surface area contributed by atoms with E-state index in [0.717, 1.165) is 23.3 Å². The van der Waals surface area contributed by atoms with Crippen molar-refractivity contribution in [1.82, 2.24) is 4.90 Å². The summed E-state index contributed by atoms with van der Waals surface area (Å²) in [4.78, 5) is 14.8. The van der Waals surface area contributed by atoms with E-state index >= 15 is 0 Å². The van der Waals surface area contributed by atoms with Gasteiger partial charge in [0.1, 0.15) is 11.6 Å². The van der Waals surface area contributed by atoms with Crippen LogP contribution in [-0.2, 0) is 17.6 Å². The van der Waals surface area contributed by atoms with Crippen molar-refractivity contribution < 1.29 is 18.7 Å². The molecule has 1 unspecified atom stereocenters. The highest BCUT2D eigenvalue weighted by Gasteiger charge is 2.28. The second kappa shape index (κ2) is 6.84. The molecule has 0 saturated carbocycles. The normalized spacial score (nSPS) is 19.4. The summed E-state index contributed by atoms with van der Waals surface area (Å²) in [6, 6.07) is 12.3. The largest absolute Gasteiger partial charge is 0.492 e. The topological polar surface area (TPSA) is 38.8 Å². The Balaban J connectivity index is 1.48. The maximum Gasteiger partial charge on any atom is 0.257 e. The number of para-hydroxylation sites is 1. The average Bonchev–Trinajstić information content (AvgIpc) is 3.10. The minimum Gasteiger partial charge on any atom is -0.492 e. The van der Waals surface area contributed by atoms with E-state index in [1.807, 2.05) is 29.2 Å². The first-order valence-electron chi connectivity index (χ1n) is 8.61. The van der Waals surface area contributed by atoms with Gasteiger partial charge in [0.2, 0.25) is 0 Å². The summed E-state index contributed by atoms with van der Waals surface area (Å²) in [5.41, 5.74) is 2.60. The van der Waals surface area contributed by atoms with Crippen molar-refractivity contribution in [2.24, 2.45) is 0 Å². The quantitative estimate of drug-likeness (QED) is 0.862. The number of amides is 1. The van der Waals surface area contributed by atoms with E-state index in [1.165, 1.54) is 12.1 Å². The summed E-state index contributed by atoms with van der Waals surface area (Å²) in [6.45, 7) is 2.17. The number of hydrogen-bond acceptors (Lipinski definition) is 3. The second-order valence-electron chi connectivity index (χ2n) is 6.47. The molecule has 0 bridgehead atoms. The molecule has 1 fully saturated rings. The van der Waals surface area contributed by atoms with E-state index in [2.05, 4.69) is 0 Å². The fourth-order valence-corrected chi connectivity index (χ4v) is 3.51. The van der Waals surface area contributed by atoms with E-state index in [0.29, 0.717) is 38.3 Å².